The number of benzene rings is 1. The minimum atomic E-state index is 0.560. The van der Waals surface area contributed by atoms with Crippen molar-refractivity contribution in [2.45, 2.75) is 13.0 Å². The van der Waals surface area contributed by atoms with Crippen molar-refractivity contribution in [2.24, 2.45) is 0 Å². The molecule has 1 aromatic heterocycles. The molecular formula is C15H16BrNO2. The highest BCUT2D eigenvalue weighted by atomic mass is 79.9. The molecule has 0 amide bonds. The van der Waals surface area contributed by atoms with Gasteiger partial charge in [0.25, 0.3) is 0 Å². The van der Waals surface area contributed by atoms with Gasteiger partial charge in [-0.25, -0.2) is 0 Å². The fourth-order valence-corrected chi connectivity index (χ4v) is 2.05. The van der Waals surface area contributed by atoms with E-state index in [1.54, 1.807) is 13.3 Å². The van der Waals surface area contributed by atoms with Crippen LogP contribution in [0.5, 0.6) is 5.75 Å². The van der Waals surface area contributed by atoms with Crippen LogP contribution in [0.2, 0.25) is 0 Å². The largest absolute Gasteiger partial charge is 0.497 e. The average molecular weight is 322 g/mol. The van der Waals surface area contributed by atoms with Crippen LogP contribution >= 0.6 is 15.9 Å². The van der Waals surface area contributed by atoms with Crippen molar-refractivity contribution >= 4 is 15.9 Å². The number of hydrogen-bond donors (Lipinski definition) is 0. The van der Waals surface area contributed by atoms with Gasteiger partial charge >= 0.3 is 0 Å². The molecule has 0 bridgehead atoms. The molecule has 1 aromatic carbocycles. The van der Waals surface area contributed by atoms with Crippen LogP contribution in [0.3, 0.4) is 0 Å². The summed E-state index contributed by atoms with van der Waals surface area (Å²) in [6.07, 6.45) is 2.62. The van der Waals surface area contributed by atoms with Crippen molar-refractivity contribution in [1.82, 2.24) is 4.98 Å². The number of rotatable bonds is 6. The standard InChI is InChI=1S/C15H16BrNO2/c1-18-14-5-6-15(16)12(10-14)11-19-9-7-13-4-2-3-8-17-13/h2-6,8,10H,7,9,11H2,1H3. The van der Waals surface area contributed by atoms with Crippen molar-refractivity contribution in [3.8, 4) is 5.75 Å². The van der Waals surface area contributed by atoms with E-state index in [1.165, 1.54) is 0 Å². The molecular weight excluding hydrogens is 306 g/mol. The second-order valence-electron chi connectivity index (χ2n) is 4.08. The lowest BCUT2D eigenvalue weighted by molar-refractivity contribution is 0.122. The van der Waals surface area contributed by atoms with E-state index in [9.17, 15) is 0 Å². The molecule has 4 heteroatoms. The summed E-state index contributed by atoms with van der Waals surface area (Å²) in [5.41, 5.74) is 2.13. The second-order valence-corrected chi connectivity index (χ2v) is 4.94. The molecule has 2 aromatic rings. The second kappa shape index (κ2) is 7.26. The average Bonchev–Trinajstić information content (AvgIpc) is 2.46. The Hall–Kier alpha value is -1.39. The zero-order valence-electron chi connectivity index (χ0n) is 10.8. The van der Waals surface area contributed by atoms with Gasteiger partial charge in [-0.1, -0.05) is 22.0 Å². The Morgan fingerprint density at radius 1 is 1.21 bits per heavy atom. The predicted molar refractivity (Wildman–Crippen MR) is 78.3 cm³/mol. The normalized spacial score (nSPS) is 10.4. The van der Waals surface area contributed by atoms with Crippen molar-refractivity contribution < 1.29 is 9.47 Å². The summed E-state index contributed by atoms with van der Waals surface area (Å²) >= 11 is 3.51. The molecule has 0 aliphatic rings. The van der Waals surface area contributed by atoms with Crippen molar-refractivity contribution in [2.75, 3.05) is 13.7 Å². The number of hydrogen-bond acceptors (Lipinski definition) is 3. The maximum atomic E-state index is 5.68. The first kappa shape index (κ1) is 14.0. The smallest absolute Gasteiger partial charge is 0.119 e. The summed E-state index contributed by atoms with van der Waals surface area (Å²) in [6.45, 7) is 1.21. The Morgan fingerprint density at radius 3 is 2.84 bits per heavy atom. The van der Waals surface area contributed by atoms with Gasteiger partial charge in [0.2, 0.25) is 0 Å². The first-order valence-corrected chi connectivity index (χ1v) is 6.89. The number of nitrogens with zero attached hydrogens (tertiary/aromatic N) is 1. The molecule has 0 atom stereocenters. The van der Waals surface area contributed by atoms with E-state index in [4.69, 9.17) is 9.47 Å². The van der Waals surface area contributed by atoms with Crippen molar-refractivity contribution in [1.29, 1.82) is 0 Å². The van der Waals surface area contributed by atoms with Crippen molar-refractivity contribution in [3.05, 3.63) is 58.3 Å². The molecule has 0 unspecified atom stereocenters. The first-order valence-electron chi connectivity index (χ1n) is 6.09. The maximum absolute atomic E-state index is 5.68. The fourth-order valence-electron chi connectivity index (χ4n) is 1.69. The molecule has 0 radical (unpaired) electrons. The highest BCUT2D eigenvalue weighted by Gasteiger charge is 2.02. The molecule has 0 saturated carbocycles. The molecule has 0 saturated heterocycles. The third-order valence-electron chi connectivity index (χ3n) is 2.74. The summed E-state index contributed by atoms with van der Waals surface area (Å²) in [6, 6.07) is 11.8. The van der Waals surface area contributed by atoms with E-state index in [-0.39, 0.29) is 0 Å². The van der Waals surface area contributed by atoms with Gasteiger partial charge in [-0.15, -0.1) is 0 Å². The van der Waals surface area contributed by atoms with Gasteiger partial charge in [0.05, 0.1) is 20.3 Å². The molecule has 0 spiro atoms. The molecule has 2 rings (SSSR count). The van der Waals surface area contributed by atoms with Crippen LogP contribution in [0.1, 0.15) is 11.3 Å². The molecule has 0 aliphatic heterocycles. The lowest BCUT2D eigenvalue weighted by Crippen LogP contribution is -2.01. The van der Waals surface area contributed by atoms with Gasteiger partial charge in [-0.2, -0.15) is 0 Å². The third-order valence-corrected chi connectivity index (χ3v) is 3.51. The molecule has 0 fully saturated rings. The van der Waals surface area contributed by atoms with Gasteiger partial charge in [0, 0.05) is 22.8 Å². The van der Waals surface area contributed by atoms with Crippen LogP contribution in [-0.2, 0) is 17.8 Å². The Morgan fingerprint density at radius 2 is 2.11 bits per heavy atom. The van der Waals surface area contributed by atoms with E-state index in [1.807, 2.05) is 36.4 Å². The van der Waals surface area contributed by atoms with Gasteiger partial charge < -0.3 is 9.47 Å². The predicted octanol–water partition coefficient (Wildman–Crippen LogP) is 3.61. The number of methoxy groups -OCH3 is 1. The van der Waals surface area contributed by atoms with Crippen LogP contribution < -0.4 is 4.74 Å². The summed E-state index contributed by atoms with van der Waals surface area (Å²) in [5, 5.41) is 0. The highest BCUT2D eigenvalue weighted by Crippen LogP contribution is 2.23. The summed E-state index contributed by atoms with van der Waals surface area (Å²) in [7, 11) is 1.66. The highest BCUT2D eigenvalue weighted by molar-refractivity contribution is 9.10. The van der Waals surface area contributed by atoms with Crippen LogP contribution in [0.4, 0.5) is 0 Å². The molecule has 0 N–H and O–H groups in total. The maximum Gasteiger partial charge on any atom is 0.119 e. The minimum absolute atomic E-state index is 0.560. The number of halogens is 1. The fraction of sp³-hybridized carbons (Fsp3) is 0.267. The van der Waals surface area contributed by atoms with E-state index >= 15 is 0 Å². The molecule has 0 aliphatic carbocycles. The number of ether oxygens (including phenoxy) is 2. The van der Waals surface area contributed by atoms with Crippen LogP contribution in [-0.4, -0.2) is 18.7 Å². The Labute approximate surface area is 121 Å². The summed E-state index contributed by atoms with van der Waals surface area (Å²) < 4.78 is 11.9. The number of pyridine rings is 1. The van der Waals surface area contributed by atoms with Gasteiger partial charge in [0.1, 0.15) is 5.75 Å². The summed E-state index contributed by atoms with van der Waals surface area (Å²) in [4.78, 5) is 4.26. The van der Waals surface area contributed by atoms with Gasteiger partial charge in [-0.3, -0.25) is 4.98 Å². The van der Waals surface area contributed by atoms with Crippen LogP contribution in [0.25, 0.3) is 0 Å². The van der Waals surface area contributed by atoms with Gasteiger partial charge in [-0.05, 0) is 35.9 Å². The van der Waals surface area contributed by atoms with E-state index in [2.05, 4.69) is 20.9 Å². The van der Waals surface area contributed by atoms with E-state index < -0.39 is 0 Å². The van der Waals surface area contributed by atoms with Gasteiger partial charge in [0.15, 0.2) is 0 Å². The Kier molecular flexibility index (Phi) is 5.36. The molecule has 19 heavy (non-hydrogen) atoms. The van der Waals surface area contributed by atoms with Crippen LogP contribution in [0.15, 0.2) is 47.1 Å². The van der Waals surface area contributed by atoms with Crippen molar-refractivity contribution in [3.63, 3.8) is 0 Å². The molecule has 100 valence electrons. The lowest BCUT2D eigenvalue weighted by atomic mass is 10.2. The van der Waals surface area contributed by atoms with E-state index in [0.29, 0.717) is 13.2 Å². The summed E-state index contributed by atoms with van der Waals surface area (Å²) in [5.74, 6) is 0.839. The third kappa shape index (κ3) is 4.33. The topological polar surface area (TPSA) is 31.4 Å². The monoisotopic (exact) mass is 321 g/mol. The minimum Gasteiger partial charge on any atom is -0.497 e. The Balaban J connectivity index is 1.82. The van der Waals surface area contributed by atoms with Crippen LogP contribution in [0, 0.1) is 0 Å². The first-order chi connectivity index (χ1) is 9.29. The zero-order valence-corrected chi connectivity index (χ0v) is 12.4. The quantitative estimate of drug-likeness (QED) is 0.761. The Bertz CT molecular complexity index is 517. The van der Waals surface area contributed by atoms with E-state index in [0.717, 1.165) is 27.9 Å². The lowest BCUT2D eigenvalue weighted by Gasteiger charge is -2.08. The molecule has 3 nitrogen and oxygen atoms in total. The molecule has 1 heterocycles. The number of aromatic nitrogens is 1. The zero-order chi connectivity index (χ0) is 13.5. The SMILES string of the molecule is COc1ccc(Br)c(COCCc2ccccn2)c1.